The van der Waals surface area contributed by atoms with E-state index in [4.69, 9.17) is 4.74 Å². The van der Waals surface area contributed by atoms with E-state index in [2.05, 4.69) is 5.32 Å². The maximum absolute atomic E-state index is 12.7. The molecule has 3 unspecified atom stereocenters. The third-order valence-corrected chi connectivity index (χ3v) is 4.63. The van der Waals surface area contributed by atoms with Crippen molar-refractivity contribution in [1.82, 2.24) is 10.2 Å². The zero-order valence-corrected chi connectivity index (χ0v) is 12.8. The lowest BCUT2D eigenvalue weighted by atomic mass is 9.89. The minimum absolute atomic E-state index is 0.0314. The molecule has 0 aromatic rings. The Balaban J connectivity index is 2.19. The fourth-order valence-electron chi connectivity index (χ4n) is 3.05. The average molecular weight is 282 g/mol. The molecule has 0 saturated carbocycles. The lowest BCUT2D eigenvalue weighted by molar-refractivity contribution is -0.159. The van der Waals surface area contributed by atoms with Gasteiger partial charge in [0.2, 0.25) is 11.8 Å². The number of ether oxygens (including phenoxy) is 1. The molecule has 2 aliphatic heterocycles. The highest BCUT2D eigenvalue weighted by molar-refractivity contribution is 5.99. The molecule has 20 heavy (non-hydrogen) atoms. The van der Waals surface area contributed by atoms with Gasteiger partial charge in [0.25, 0.3) is 0 Å². The van der Waals surface area contributed by atoms with Crippen LogP contribution in [0.15, 0.2) is 0 Å². The van der Waals surface area contributed by atoms with E-state index in [1.165, 1.54) is 0 Å². The van der Waals surface area contributed by atoms with Gasteiger partial charge in [0.05, 0.1) is 6.10 Å². The van der Waals surface area contributed by atoms with Crippen molar-refractivity contribution in [2.75, 3.05) is 13.2 Å². The molecule has 0 aromatic carbocycles. The van der Waals surface area contributed by atoms with E-state index in [9.17, 15) is 9.59 Å². The Labute approximate surface area is 121 Å². The Kier molecular flexibility index (Phi) is 4.68. The van der Waals surface area contributed by atoms with Crippen molar-refractivity contribution in [2.45, 2.75) is 70.6 Å². The Morgan fingerprint density at radius 3 is 2.70 bits per heavy atom. The average Bonchev–Trinajstić information content (AvgIpc) is 2.94. The van der Waals surface area contributed by atoms with Crippen molar-refractivity contribution in [3.8, 4) is 0 Å². The Hall–Kier alpha value is -1.10. The van der Waals surface area contributed by atoms with Crippen molar-refractivity contribution in [3.63, 3.8) is 0 Å². The molecule has 5 heteroatoms. The molecule has 0 aliphatic carbocycles. The van der Waals surface area contributed by atoms with Crippen LogP contribution in [0.4, 0.5) is 0 Å². The molecule has 2 rings (SSSR count). The first-order valence-electron chi connectivity index (χ1n) is 7.77. The summed E-state index contributed by atoms with van der Waals surface area (Å²) in [6.07, 6.45) is 4.30. The fourth-order valence-corrected chi connectivity index (χ4v) is 3.05. The number of piperazine rings is 1. The maximum Gasteiger partial charge on any atom is 0.246 e. The molecule has 5 nitrogen and oxygen atoms in total. The van der Waals surface area contributed by atoms with Crippen LogP contribution < -0.4 is 5.32 Å². The molecule has 3 atom stereocenters. The molecule has 2 fully saturated rings. The zero-order valence-electron chi connectivity index (χ0n) is 12.8. The van der Waals surface area contributed by atoms with Crippen molar-refractivity contribution in [2.24, 2.45) is 0 Å². The number of carbonyl (C=O) groups is 2. The van der Waals surface area contributed by atoms with Gasteiger partial charge in [-0.05, 0) is 32.6 Å². The molecule has 0 aromatic heterocycles. The van der Waals surface area contributed by atoms with Gasteiger partial charge in [-0.15, -0.1) is 0 Å². The van der Waals surface area contributed by atoms with Crippen LogP contribution in [0.3, 0.4) is 0 Å². The summed E-state index contributed by atoms with van der Waals surface area (Å²) in [5.74, 6) is 0.0161. The summed E-state index contributed by atoms with van der Waals surface area (Å²) in [5, 5.41) is 2.89. The summed E-state index contributed by atoms with van der Waals surface area (Å²) in [5.41, 5.74) is -0.743. The summed E-state index contributed by atoms with van der Waals surface area (Å²) >= 11 is 0. The van der Waals surface area contributed by atoms with Gasteiger partial charge >= 0.3 is 0 Å². The van der Waals surface area contributed by atoms with E-state index >= 15 is 0 Å². The van der Waals surface area contributed by atoms with Crippen LogP contribution in [-0.4, -0.2) is 47.6 Å². The Morgan fingerprint density at radius 2 is 2.15 bits per heavy atom. The molecule has 2 aliphatic rings. The molecule has 0 radical (unpaired) electrons. The van der Waals surface area contributed by atoms with Gasteiger partial charge in [0.15, 0.2) is 0 Å². The second kappa shape index (κ2) is 6.12. The van der Waals surface area contributed by atoms with Gasteiger partial charge in [-0.3, -0.25) is 9.59 Å². The SMILES string of the molecule is CCCC1NC(=O)C(C)(CC)N(CC2CCCO2)C1=O. The first-order valence-corrected chi connectivity index (χ1v) is 7.77. The Bertz CT molecular complexity index is 379. The van der Waals surface area contributed by atoms with Gasteiger partial charge in [0.1, 0.15) is 11.6 Å². The zero-order chi connectivity index (χ0) is 14.8. The third kappa shape index (κ3) is 2.68. The van der Waals surface area contributed by atoms with Crippen LogP contribution in [0.2, 0.25) is 0 Å². The van der Waals surface area contributed by atoms with E-state index in [-0.39, 0.29) is 24.0 Å². The minimum atomic E-state index is -0.743. The van der Waals surface area contributed by atoms with Crippen molar-refractivity contribution in [1.29, 1.82) is 0 Å². The summed E-state index contributed by atoms with van der Waals surface area (Å²) in [4.78, 5) is 26.9. The highest BCUT2D eigenvalue weighted by Crippen LogP contribution is 2.28. The molecule has 114 valence electrons. The molecule has 0 spiro atoms. The van der Waals surface area contributed by atoms with E-state index < -0.39 is 5.54 Å². The van der Waals surface area contributed by atoms with Gasteiger partial charge in [-0.2, -0.15) is 0 Å². The highest BCUT2D eigenvalue weighted by Gasteiger charge is 2.48. The molecular weight excluding hydrogens is 256 g/mol. The molecule has 2 saturated heterocycles. The Morgan fingerprint density at radius 1 is 1.40 bits per heavy atom. The van der Waals surface area contributed by atoms with Crippen molar-refractivity contribution < 1.29 is 14.3 Å². The van der Waals surface area contributed by atoms with Crippen LogP contribution >= 0.6 is 0 Å². The van der Waals surface area contributed by atoms with Crippen molar-refractivity contribution >= 4 is 11.8 Å². The number of nitrogens with one attached hydrogen (secondary N) is 1. The number of hydrogen-bond acceptors (Lipinski definition) is 3. The summed E-state index contributed by atoms with van der Waals surface area (Å²) in [6.45, 7) is 7.14. The normalized spacial score (nSPS) is 34.5. The molecule has 1 N–H and O–H groups in total. The van der Waals surface area contributed by atoms with E-state index in [1.54, 1.807) is 4.90 Å². The van der Waals surface area contributed by atoms with Crippen molar-refractivity contribution in [3.05, 3.63) is 0 Å². The summed E-state index contributed by atoms with van der Waals surface area (Å²) in [6, 6.07) is -0.367. The minimum Gasteiger partial charge on any atom is -0.376 e. The topological polar surface area (TPSA) is 58.6 Å². The van der Waals surface area contributed by atoms with Gasteiger partial charge in [-0.25, -0.2) is 0 Å². The van der Waals surface area contributed by atoms with E-state index in [0.717, 1.165) is 25.9 Å². The number of nitrogens with zero attached hydrogens (tertiary/aromatic N) is 1. The fraction of sp³-hybridized carbons (Fsp3) is 0.867. The second-order valence-electron chi connectivity index (χ2n) is 6.03. The number of amides is 2. The van der Waals surface area contributed by atoms with E-state index in [1.807, 2.05) is 20.8 Å². The first kappa shape index (κ1) is 15.3. The second-order valence-corrected chi connectivity index (χ2v) is 6.03. The molecular formula is C15H26N2O3. The third-order valence-electron chi connectivity index (χ3n) is 4.63. The van der Waals surface area contributed by atoms with Gasteiger partial charge in [-0.1, -0.05) is 20.3 Å². The molecule has 2 amide bonds. The number of carbonyl (C=O) groups excluding carboxylic acids is 2. The predicted molar refractivity (Wildman–Crippen MR) is 76.2 cm³/mol. The highest BCUT2D eigenvalue weighted by atomic mass is 16.5. The number of hydrogen-bond donors (Lipinski definition) is 1. The molecule has 2 heterocycles. The predicted octanol–water partition coefficient (Wildman–Crippen LogP) is 1.46. The maximum atomic E-state index is 12.7. The van der Waals surface area contributed by atoms with Crippen LogP contribution in [0, 0.1) is 0 Å². The largest absolute Gasteiger partial charge is 0.376 e. The molecule has 0 bridgehead atoms. The monoisotopic (exact) mass is 282 g/mol. The quantitative estimate of drug-likeness (QED) is 0.830. The van der Waals surface area contributed by atoms with Crippen LogP contribution in [0.1, 0.15) is 52.9 Å². The first-order chi connectivity index (χ1) is 9.52. The van der Waals surface area contributed by atoms with Gasteiger partial charge < -0.3 is 15.0 Å². The lowest BCUT2D eigenvalue weighted by Crippen LogP contribution is -2.70. The van der Waals surface area contributed by atoms with E-state index in [0.29, 0.717) is 19.4 Å². The summed E-state index contributed by atoms with van der Waals surface area (Å²) < 4.78 is 5.65. The lowest BCUT2D eigenvalue weighted by Gasteiger charge is -2.46. The van der Waals surface area contributed by atoms with Crippen LogP contribution in [0.5, 0.6) is 0 Å². The van der Waals surface area contributed by atoms with Gasteiger partial charge in [0, 0.05) is 13.2 Å². The standard InChI is InChI=1S/C15H26N2O3/c1-4-7-12-13(18)17(10-11-8-6-9-20-11)15(3,5-2)14(19)16-12/h11-12H,4-10H2,1-3H3,(H,16,19). The number of rotatable bonds is 5. The smallest absolute Gasteiger partial charge is 0.246 e. The van der Waals surface area contributed by atoms with Crippen LogP contribution in [-0.2, 0) is 14.3 Å². The van der Waals surface area contributed by atoms with Crippen LogP contribution in [0.25, 0.3) is 0 Å². The summed E-state index contributed by atoms with van der Waals surface area (Å²) in [7, 11) is 0.